The molecular formula is C22H30BrCl2N5O. The molecule has 0 radical (unpaired) electrons. The van der Waals surface area contributed by atoms with Gasteiger partial charge in [-0.25, -0.2) is 9.97 Å². The van der Waals surface area contributed by atoms with Gasteiger partial charge < -0.3 is 15.5 Å². The van der Waals surface area contributed by atoms with Crippen LogP contribution in [-0.2, 0) is 11.2 Å². The quantitative estimate of drug-likeness (QED) is 0.634. The van der Waals surface area contributed by atoms with Gasteiger partial charge in [0.25, 0.3) is 0 Å². The zero-order valence-corrected chi connectivity index (χ0v) is 20.9. The van der Waals surface area contributed by atoms with Crippen molar-refractivity contribution in [3.05, 3.63) is 51.9 Å². The predicted octanol–water partition coefficient (Wildman–Crippen LogP) is 3.91. The number of carbonyl (C=O) groups excluding carboxylic acids is 1. The summed E-state index contributed by atoms with van der Waals surface area (Å²) in [7, 11) is 0. The van der Waals surface area contributed by atoms with Crippen LogP contribution in [0.5, 0.6) is 0 Å². The number of aromatic nitrogens is 2. The minimum atomic E-state index is -0.178. The number of halogens is 3. The van der Waals surface area contributed by atoms with Crippen LogP contribution in [0, 0.1) is 0 Å². The van der Waals surface area contributed by atoms with Crippen molar-refractivity contribution < 1.29 is 4.79 Å². The number of carbonyl (C=O) groups is 1. The van der Waals surface area contributed by atoms with Gasteiger partial charge in [0.2, 0.25) is 5.91 Å². The largest absolute Gasteiger partial charge is 0.353 e. The molecule has 1 aromatic heterocycles. The van der Waals surface area contributed by atoms with E-state index in [9.17, 15) is 4.79 Å². The highest BCUT2D eigenvalue weighted by molar-refractivity contribution is 9.10. The van der Waals surface area contributed by atoms with E-state index in [0.29, 0.717) is 32.0 Å². The Balaban J connectivity index is 0.00000171. The molecule has 1 unspecified atom stereocenters. The molecule has 4 rings (SSSR count). The zero-order chi connectivity index (χ0) is 20.4. The fourth-order valence-electron chi connectivity index (χ4n) is 4.53. The highest BCUT2D eigenvalue weighted by Crippen LogP contribution is 2.37. The van der Waals surface area contributed by atoms with E-state index in [1.807, 2.05) is 29.2 Å². The maximum absolute atomic E-state index is 13.3. The molecule has 1 fully saturated rings. The van der Waals surface area contributed by atoms with Gasteiger partial charge in [-0.3, -0.25) is 4.79 Å². The lowest BCUT2D eigenvalue weighted by Crippen LogP contribution is -2.50. The first-order valence-electron chi connectivity index (χ1n) is 10.4. The molecule has 2 N–H and O–H groups in total. The molecule has 2 aromatic rings. The van der Waals surface area contributed by atoms with Crippen molar-refractivity contribution in [1.82, 2.24) is 14.9 Å². The molecule has 2 aliphatic rings. The van der Waals surface area contributed by atoms with Crippen molar-refractivity contribution in [2.75, 3.05) is 37.6 Å². The minimum absolute atomic E-state index is 0. The van der Waals surface area contributed by atoms with Crippen molar-refractivity contribution in [1.29, 1.82) is 0 Å². The number of fused-ring (bicyclic) bond motifs is 1. The minimum Gasteiger partial charge on any atom is -0.353 e. The highest BCUT2D eigenvalue weighted by atomic mass is 79.9. The van der Waals surface area contributed by atoms with E-state index in [2.05, 4.69) is 37.7 Å². The van der Waals surface area contributed by atoms with Crippen LogP contribution in [0.1, 0.15) is 48.4 Å². The molecule has 1 saturated heterocycles. The molecule has 1 aromatic carbocycles. The van der Waals surface area contributed by atoms with Crippen molar-refractivity contribution in [3.63, 3.8) is 0 Å². The average molecular weight is 531 g/mol. The number of nitrogens with two attached hydrogens (primary N) is 1. The van der Waals surface area contributed by atoms with Crippen molar-refractivity contribution in [2.45, 2.75) is 38.0 Å². The van der Waals surface area contributed by atoms with Crippen molar-refractivity contribution >= 4 is 52.5 Å². The molecule has 0 spiro atoms. The Morgan fingerprint density at radius 1 is 1.16 bits per heavy atom. The fraction of sp³-hybridized carbons (Fsp3) is 0.500. The molecule has 1 aliphatic carbocycles. The Labute approximate surface area is 204 Å². The smallest absolute Gasteiger partial charge is 0.230 e. The first kappa shape index (κ1) is 25.8. The molecule has 170 valence electrons. The number of hydrogen-bond donors (Lipinski definition) is 1. The average Bonchev–Trinajstić information content (AvgIpc) is 3.14. The summed E-state index contributed by atoms with van der Waals surface area (Å²) < 4.78 is 1.01. The summed E-state index contributed by atoms with van der Waals surface area (Å²) in [5.74, 6) is 1.58. The second-order valence-electron chi connectivity index (χ2n) is 7.99. The standard InChI is InChI=1S/C22H28BrN5O.2ClH/c1-15-2-7-19-20(15)21(26-14-25-19)27-10-12-28(13-11-27)22(29)18(8-9-24)16-3-5-17(23)6-4-16;;/h3-6,14-15,18H,2,7-13,24H2,1H3;2*1H/t15-,18?;;/m1../s1. The maximum Gasteiger partial charge on any atom is 0.230 e. The van der Waals surface area contributed by atoms with Gasteiger partial charge in [0.15, 0.2) is 0 Å². The lowest BCUT2D eigenvalue weighted by atomic mass is 9.94. The number of hydrogen-bond acceptors (Lipinski definition) is 5. The molecular weight excluding hydrogens is 501 g/mol. The molecule has 1 aliphatic heterocycles. The Hall–Kier alpha value is -1.41. The number of aryl methyl sites for hydroxylation is 1. The van der Waals surface area contributed by atoms with Gasteiger partial charge in [-0.1, -0.05) is 35.0 Å². The first-order chi connectivity index (χ1) is 14.1. The Bertz CT molecular complexity index is 875. The number of anilines is 1. The van der Waals surface area contributed by atoms with E-state index in [4.69, 9.17) is 5.73 Å². The Morgan fingerprint density at radius 2 is 1.84 bits per heavy atom. The summed E-state index contributed by atoms with van der Waals surface area (Å²) in [6.07, 6.45) is 4.54. The SMILES string of the molecule is C[C@@H]1CCc2ncnc(N3CCN(C(=O)C(CCN)c4ccc(Br)cc4)CC3)c21.Cl.Cl. The molecule has 2 heterocycles. The number of nitrogens with zero attached hydrogens (tertiary/aromatic N) is 4. The normalized spacial score (nSPS) is 18.6. The summed E-state index contributed by atoms with van der Waals surface area (Å²) in [6.45, 7) is 5.79. The van der Waals surface area contributed by atoms with Gasteiger partial charge >= 0.3 is 0 Å². The van der Waals surface area contributed by atoms with Crippen LogP contribution in [0.25, 0.3) is 0 Å². The number of amides is 1. The van der Waals surface area contributed by atoms with Crippen LogP contribution in [-0.4, -0.2) is 53.5 Å². The summed E-state index contributed by atoms with van der Waals surface area (Å²) in [4.78, 5) is 26.7. The molecule has 6 nitrogen and oxygen atoms in total. The number of benzene rings is 1. The first-order valence-corrected chi connectivity index (χ1v) is 11.2. The summed E-state index contributed by atoms with van der Waals surface area (Å²) >= 11 is 3.47. The second-order valence-corrected chi connectivity index (χ2v) is 8.91. The predicted molar refractivity (Wildman–Crippen MR) is 133 cm³/mol. The molecule has 31 heavy (non-hydrogen) atoms. The number of rotatable bonds is 5. The van der Waals surface area contributed by atoms with E-state index >= 15 is 0 Å². The lowest BCUT2D eigenvalue weighted by molar-refractivity contribution is -0.133. The topological polar surface area (TPSA) is 75.4 Å². The van der Waals surface area contributed by atoms with E-state index in [0.717, 1.165) is 41.8 Å². The van der Waals surface area contributed by atoms with Crippen LogP contribution in [0.4, 0.5) is 5.82 Å². The molecule has 9 heteroatoms. The van der Waals surface area contributed by atoms with Crippen LogP contribution in [0.2, 0.25) is 0 Å². The Kier molecular flexibility index (Phi) is 9.55. The maximum atomic E-state index is 13.3. The highest BCUT2D eigenvalue weighted by Gasteiger charge is 2.31. The van der Waals surface area contributed by atoms with Gasteiger partial charge in [-0.05, 0) is 49.4 Å². The summed E-state index contributed by atoms with van der Waals surface area (Å²) in [5, 5.41) is 0. The zero-order valence-electron chi connectivity index (χ0n) is 17.7. The van der Waals surface area contributed by atoms with Crippen LogP contribution >= 0.6 is 40.7 Å². The van der Waals surface area contributed by atoms with Crippen LogP contribution in [0.15, 0.2) is 35.1 Å². The van der Waals surface area contributed by atoms with E-state index in [1.54, 1.807) is 6.33 Å². The monoisotopic (exact) mass is 529 g/mol. The Morgan fingerprint density at radius 3 is 2.48 bits per heavy atom. The van der Waals surface area contributed by atoms with E-state index in [-0.39, 0.29) is 36.6 Å². The van der Waals surface area contributed by atoms with Gasteiger partial charge in [-0.15, -0.1) is 24.8 Å². The summed E-state index contributed by atoms with van der Waals surface area (Å²) in [6, 6.07) is 8.01. The van der Waals surface area contributed by atoms with Gasteiger partial charge in [-0.2, -0.15) is 0 Å². The lowest BCUT2D eigenvalue weighted by Gasteiger charge is -2.38. The van der Waals surface area contributed by atoms with Crippen LogP contribution in [0.3, 0.4) is 0 Å². The van der Waals surface area contributed by atoms with Gasteiger partial charge in [0.1, 0.15) is 12.1 Å². The van der Waals surface area contributed by atoms with Gasteiger partial charge in [0, 0.05) is 41.9 Å². The second kappa shape index (κ2) is 11.5. The van der Waals surface area contributed by atoms with Gasteiger partial charge in [0.05, 0.1) is 5.92 Å². The van der Waals surface area contributed by atoms with E-state index < -0.39 is 0 Å². The third-order valence-electron chi connectivity index (χ3n) is 6.17. The third-order valence-corrected chi connectivity index (χ3v) is 6.70. The molecule has 2 atom stereocenters. The molecule has 1 amide bonds. The fourth-order valence-corrected chi connectivity index (χ4v) is 4.79. The molecule has 0 saturated carbocycles. The molecule has 0 bridgehead atoms. The number of piperazine rings is 1. The van der Waals surface area contributed by atoms with Crippen molar-refractivity contribution in [3.8, 4) is 0 Å². The van der Waals surface area contributed by atoms with Crippen LogP contribution < -0.4 is 10.6 Å². The third kappa shape index (κ3) is 5.51. The summed E-state index contributed by atoms with van der Waals surface area (Å²) in [5.41, 5.74) is 9.36. The van der Waals surface area contributed by atoms with E-state index in [1.165, 1.54) is 11.3 Å². The van der Waals surface area contributed by atoms with Crippen molar-refractivity contribution in [2.24, 2.45) is 5.73 Å².